The highest BCUT2D eigenvalue weighted by atomic mass is 35.5. The first-order valence-electron chi connectivity index (χ1n) is 15.1. The van der Waals surface area contributed by atoms with Gasteiger partial charge in [-0.15, -0.1) is 11.6 Å². The number of Topliss-reactive ketones (excluding diaryl/α,β-unsaturated/α-hetero) is 1. The zero-order chi connectivity index (χ0) is 35.7. The zero-order valence-corrected chi connectivity index (χ0v) is 28.0. The van der Waals surface area contributed by atoms with Gasteiger partial charge in [-0.2, -0.15) is 0 Å². The van der Waals surface area contributed by atoms with Crippen molar-refractivity contribution in [3.05, 3.63) is 71.4 Å². The summed E-state index contributed by atoms with van der Waals surface area (Å²) in [4.78, 5) is 47.0. The van der Waals surface area contributed by atoms with Crippen molar-refractivity contribution < 1.29 is 54.2 Å². The molecule has 0 radical (unpaired) electrons. The number of primary amides is 1. The Balaban J connectivity index is 2.66. The number of allylic oxidation sites excluding steroid dienone is 9. The molecule has 14 heteroatoms. The van der Waals surface area contributed by atoms with Crippen LogP contribution in [-0.2, 0) is 23.9 Å². The van der Waals surface area contributed by atoms with Gasteiger partial charge in [0.1, 0.15) is 23.7 Å². The van der Waals surface area contributed by atoms with E-state index in [0.717, 1.165) is 5.57 Å². The largest absolute Gasteiger partial charge is 0.481 e. The summed E-state index contributed by atoms with van der Waals surface area (Å²) in [7, 11) is 0. The molecule has 0 aromatic carbocycles. The number of halogens is 2. The maximum Gasteiger partial charge on any atom is 0.405 e. The van der Waals surface area contributed by atoms with Gasteiger partial charge in [0.2, 0.25) is 0 Å². The molecule has 1 saturated carbocycles. The minimum absolute atomic E-state index is 0.0584. The van der Waals surface area contributed by atoms with Gasteiger partial charge in [0.15, 0.2) is 5.78 Å². The van der Waals surface area contributed by atoms with Crippen LogP contribution in [-0.4, -0.2) is 91.3 Å². The Kier molecular flexibility index (Phi) is 19.2. The summed E-state index contributed by atoms with van der Waals surface area (Å²) in [5.74, 6) is -4.10. The van der Waals surface area contributed by atoms with Gasteiger partial charge in [0, 0.05) is 29.9 Å². The van der Waals surface area contributed by atoms with Crippen LogP contribution in [0.2, 0.25) is 0 Å². The van der Waals surface area contributed by atoms with E-state index < -0.39 is 84.1 Å². The Bertz CT molecular complexity index is 1240. The SMILES string of the molecule is CC/C=C/C(OC(N)=O)C(Cl)C(O)CC(=O)C(O)C(O)C(C)/C(Cl)=C/C=C/C=C(C)/C=C/C=C/C(=O)O[C@@H]1C[C@H](C(=O)O)CC[C@H]1O. The van der Waals surface area contributed by atoms with Crippen molar-refractivity contribution in [3.63, 3.8) is 0 Å². The smallest absolute Gasteiger partial charge is 0.405 e. The molecule has 47 heavy (non-hydrogen) atoms. The van der Waals surface area contributed by atoms with Crippen LogP contribution in [0.4, 0.5) is 4.79 Å². The van der Waals surface area contributed by atoms with Crippen molar-refractivity contribution in [1.82, 2.24) is 0 Å². The standard InChI is InChI=1S/C33H45Cl2NO11/c1-4-5-13-26(47-33(36)45)29(35)24(38)18-25(39)31(42)30(41)20(3)22(34)12-8-6-10-19(2)11-7-9-14-28(40)46-27-17-21(32(43)44)15-16-23(27)37/h5-14,20-21,23-24,26-27,29-31,37-38,41-42H,4,15-18H2,1-3H3,(H2,36,45)(H,43,44)/b8-6+,11-7+,13-5+,14-9+,19-10+,22-12-/t20?,21-,23-,24?,26?,27-,29?,30?,31?/m1/s1. The number of hydrogen-bond donors (Lipinski definition) is 6. The lowest BCUT2D eigenvalue weighted by molar-refractivity contribution is -0.159. The fourth-order valence-corrected chi connectivity index (χ4v) is 4.88. The molecule has 12 nitrogen and oxygen atoms in total. The van der Waals surface area contributed by atoms with Crippen LogP contribution < -0.4 is 5.73 Å². The molecule has 1 fully saturated rings. The Labute approximate surface area is 284 Å². The number of carbonyl (C=O) groups excluding carboxylic acids is 3. The lowest BCUT2D eigenvalue weighted by atomic mass is 9.85. The molecule has 1 aliphatic rings. The van der Waals surface area contributed by atoms with E-state index in [1.165, 1.54) is 31.2 Å². The van der Waals surface area contributed by atoms with Crippen molar-refractivity contribution >= 4 is 47.0 Å². The Hall–Kier alpha value is -3.26. The Morgan fingerprint density at radius 1 is 1.02 bits per heavy atom. The van der Waals surface area contributed by atoms with Crippen molar-refractivity contribution in [3.8, 4) is 0 Å². The topological polar surface area (TPSA) is 214 Å². The summed E-state index contributed by atoms with van der Waals surface area (Å²) in [5.41, 5.74) is 5.83. The quantitative estimate of drug-likeness (QED) is 0.0399. The normalized spacial score (nSPS) is 23.5. The fourth-order valence-electron chi connectivity index (χ4n) is 4.46. The second kappa shape index (κ2) is 21.6. The van der Waals surface area contributed by atoms with Gasteiger partial charge in [-0.25, -0.2) is 9.59 Å². The summed E-state index contributed by atoms with van der Waals surface area (Å²) in [6.45, 7) is 5.12. The fraction of sp³-hybridized carbons (Fsp3) is 0.515. The molecule has 0 saturated heterocycles. The molecule has 9 atom stereocenters. The van der Waals surface area contributed by atoms with Gasteiger partial charge < -0.3 is 40.7 Å². The van der Waals surface area contributed by atoms with E-state index in [-0.39, 0.29) is 17.9 Å². The molecule has 1 rings (SSSR count). The van der Waals surface area contributed by atoms with Crippen LogP contribution in [0.15, 0.2) is 71.4 Å². The molecule has 1 amide bonds. The van der Waals surface area contributed by atoms with E-state index in [1.54, 1.807) is 43.4 Å². The number of carboxylic acids is 1. The number of aliphatic carboxylic acids is 1. The van der Waals surface area contributed by atoms with Crippen LogP contribution >= 0.6 is 23.2 Å². The molecule has 7 N–H and O–H groups in total. The average Bonchev–Trinajstić information content (AvgIpc) is 3.02. The maximum atomic E-state index is 12.6. The van der Waals surface area contributed by atoms with Crippen LogP contribution in [0.25, 0.3) is 0 Å². The van der Waals surface area contributed by atoms with E-state index in [0.29, 0.717) is 12.8 Å². The van der Waals surface area contributed by atoms with Crippen LogP contribution in [0.1, 0.15) is 52.9 Å². The molecule has 0 aromatic rings. The minimum atomic E-state index is -1.89. The van der Waals surface area contributed by atoms with Crippen molar-refractivity contribution in [2.24, 2.45) is 17.6 Å². The number of rotatable bonds is 18. The number of nitrogens with two attached hydrogens (primary N) is 1. The number of ketones is 1. The van der Waals surface area contributed by atoms with Gasteiger partial charge in [-0.05, 0) is 38.3 Å². The second-order valence-corrected chi connectivity index (χ2v) is 12.0. The summed E-state index contributed by atoms with van der Waals surface area (Å²) >= 11 is 12.5. The molecule has 6 unspecified atom stereocenters. The summed E-state index contributed by atoms with van der Waals surface area (Å²) in [5, 5.41) is 49.4. The van der Waals surface area contributed by atoms with Gasteiger partial charge in [-0.1, -0.05) is 73.6 Å². The molecule has 262 valence electrons. The van der Waals surface area contributed by atoms with E-state index >= 15 is 0 Å². The van der Waals surface area contributed by atoms with Crippen LogP contribution in [0, 0.1) is 11.8 Å². The molecule has 0 bridgehead atoms. The average molecular weight is 703 g/mol. The van der Waals surface area contributed by atoms with Gasteiger partial charge in [0.05, 0.1) is 24.2 Å². The number of alkyl halides is 1. The zero-order valence-electron chi connectivity index (χ0n) is 26.5. The highest BCUT2D eigenvalue weighted by Gasteiger charge is 2.36. The van der Waals surface area contributed by atoms with E-state index in [1.807, 2.05) is 6.92 Å². The monoisotopic (exact) mass is 701 g/mol. The third-order valence-electron chi connectivity index (χ3n) is 7.31. The minimum Gasteiger partial charge on any atom is -0.481 e. The first-order chi connectivity index (χ1) is 22.1. The number of carboxylic acid groups (broad SMARTS) is 1. The van der Waals surface area contributed by atoms with E-state index in [9.17, 15) is 39.6 Å². The molecular weight excluding hydrogens is 657 g/mol. The first kappa shape index (κ1) is 41.8. The predicted octanol–water partition coefficient (Wildman–Crippen LogP) is 3.60. The third-order valence-corrected chi connectivity index (χ3v) is 8.32. The lowest BCUT2D eigenvalue weighted by Gasteiger charge is -2.30. The van der Waals surface area contributed by atoms with E-state index in [2.05, 4.69) is 0 Å². The number of ether oxygens (including phenoxy) is 2. The Morgan fingerprint density at radius 2 is 1.66 bits per heavy atom. The van der Waals surface area contributed by atoms with Gasteiger partial charge >= 0.3 is 18.0 Å². The van der Waals surface area contributed by atoms with Crippen LogP contribution in [0.3, 0.4) is 0 Å². The number of esters is 1. The second-order valence-electron chi connectivity index (χ2n) is 11.1. The van der Waals surface area contributed by atoms with Gasteiger partial charge in [-0.3, -0.25) is 9.59 Å². The van der Waals surface area contributed by atoms with Crippen molar-refractivity contribution in [2.45, 2.75) is 94.9 Å². The highest BCUT2D eigenvalue weighted by Crippen LogP contribution is 2.27. The number of carbonyl (C=O) groups is 4. The summed E-state index contributed by atoms with van der Waals surface area (Å²) in [6.07, 6.45) is 6.95. The Morgan fingerprint density at radius 3 is 2.28 bits per heavy atom. The van der Waals surface area contributed by atoms with Crippen molar-refractivity contribution in [1.29, 1.82) is 0 Å². The number of aliphatic hydroxyl groups is 4. The molecule has 0 aromatic heterocycles. The van der Waals surface area contributed by atoms with E-state index in [4.69, 9.17) is 43.5 Å². The maximum absolute atomic E-state index is 12.6. The molecule has 1 aliphatic carbocycles. The van der Waals surface area contributed by atoms with Crippen molar-refractivity contribution in [2.75, 3.05) is 0 Å². The summed E-state index contributed by atoms with van der Waals surface area (Å²) < 4.78 is 10.1. The number of amides is 1. The molecular formula is C33H45Cl2NO11. The summed E-state index contributed by atoms with van der Waals surface area (Å²) in [6, 6.07) is 0. The number of aliphatic hydroxyl groups excluding tert-OH is 4. The third kappa shape index (κ3) is 15.5. The number of hydrogen-bond acceptors (Lipinski definition) is 10. The molecule has 0 heterocycles. The predicted molar refractivity (Wildman–Crippen MR) is 176 cm³/mol. The highest BCUT2D eigenvalue weighted by molar-refractivity contribution is 6.30. The first-order valence-corrected chi connectivity index (χ1v) is 15.9. The molecule has 0 spiro atoms. The lowest BCUT2D eigenvalue weighted by Crippen LogP contribution is -2.43. The van der Waals surface area contributed by atoms with Crippen LogP contribution in [0.5, 0.6) is 0 Å². The molecule has 0 aliphatic heterocycles. The van der Waals surface area contributed by atoms with Gasteiger partial charge in [0.25, 0.3) is 0 Å².